The SMILES string of the molecule is CC(C)C[C@H]1CN(C(=O)[C@@H](NC(=O)NC2(C(=O)OCc3ccoc3)CCCCC2)C(C)(C)C)[C@H](C(=O)NC(CC2CC2)C(=O)C(N)=O)C1C. The molecule has 0 bridgehead atoms. The first-order valence-electron chi connectivity index (χ1n) is 17.7. The van der Waals surface area contributed by atoms with Crippen molar-refractivity contribution in [2.75, 3.05) is 6.54 Å². The van der Waals surface area contributed by atoms with Crippen LogP contribution in [-0.4, -0.2) is 70.6 Å². The smallest absolute Gasteiger partial charge is 0.332 e. The summed E-state index contributed by atoms with van der Waals surface area (Å²) in [7, 11) is 0. The minimum Gasteiger partial charge on any atom is -0.472 e. The maximum Gasteiger partial charge on any atom is 0.332 e. The lowest BCUT2D eigenvalue weighted by atomic mass is 9.81. The van der Waals surface area contributed by atoms with E-state index in [0.29, 0.717) is 30.7 Å². The number of nitrogens with two attached hydrogens (primary N) is 1. The fourth-order valence-electron chi connectivity index (χ4n) is 7.32. The minimum absolute atomic E-state index is 0.00414. The van der Waals surface area contributed by atoms with Crippen molar-refractivity contribution < 1.29 is 37.9 Å². The number of hydrogen-bond donors (Lipinski definition) is 4. The number of nitrogens with one attached hydrogen (secondary N) is 3. The van der Waals surface area contributed by atoms with E-state index in [-0.39, 0.29) is 30.9 Å². The Morgan fingerprint density at radius 2 is 1.71 bits per heavy atom. The largest absolute Gasteiger partial charge is 0.472 e. The summed E-state index contributed by atoms with van der Waals surface area (Å²) in [5, 5.41) is 8.51. The van der Waals surface area contributed by atoms with Crippen LogP contribution in [0.4, 0.5) is 4.79 Å². The molecule has 1 aromatic rings. The Kier molecular flexibility index (Phi) is 12.2. The van der Waals surface area contributed by atoms with Gasteiger partial charge in [-0.05, 0) is 60.8 Å². The first-order valence-corrected chi connectivity index (χ1v) is 17.7. The summed E-state index contributed by atoms with van der Waals surface area (Å²) in [6, 6.07) is -2.05. The average molecular weight is 686 g/mol. The number of nitrogens with zero attached hydrogens (tertiary/aromatic N) is 1. The summed E-state index contributed by atoms with van der Waals surface area (Å²) in [5.74, 6) is -3.23. The molecule has 13 heteroatoms. The summed E-state index contributed by atoms with van der Waals surface area (Å²) < 4.78 is 10.7. The van der Waals surface area contributed by atoms with Crippen LogP contribution in [0.1, 0.15) is 105 Å². The first-order chi connectivity index (χ1) is 23.0. The second kappa shape index (κ2) is 15.8. The van der Waals surface area contributed by atoms with Crippen molar-refractivity contribution in [1.82, 2.24) is 20.9 Å². The zero-order chi connectivity index (χ0) is 36.1. The Labute approximate surface area is 289 Å². The molecular formula is C36H55N5O8. The maximum absolute atomic E-state index is 14.5. The highest BCUT2D eigenvalue weighted by atomic mass is 16.5. The molecule has 1 saturated heterocycles. The van der Waals surface area contributed by atoms with E-state index in [0.717, 1.165) is 38.5 Å². The number of urea groups is 1. The molecule has 49 heavy (non-hydrogen) atoms. The Morgan fingerprint density at radius 1 is 1.04 bits per heavy atom. The van der Waals surface area contributed by atoms with Gasteiger partial charge in [0.05, 0.1) is 18.6 Å². The molecule has 1 aromatic heterocycles. The molecule has 2 saturated carbocycles. The molecule has 13 nitrogen and oxygen atoms in total. The average Bonchev–Trinajstić information content (AvgIpc) is 3.57. The molecule has 5 N–H and O–H groups in total. The van der Waals surface area contributed by atoms with Crippen LogP contribution < -0.4 is 21.7 Å². The lowest BCUT2D eigenvalue weighted by Crippen LogP contribution is -2.64. The van der Waals surface area contributed by atoms with Crippen molar-refractivity contribution >= 4 is 35.5 Å². The van der Waals surface area contributed by atoms with E-state index < -0.39 is 64.6 Å². The molecule has 5 amide bonds. The van der Waals surface area contributed by atoms with E-state index in [1.54, 1.807) is 6.07 Å². The highest BCUT2D eigenvalue weighted by Crippen LogP contribution is 2.37. The molecule has 1 aliphatic heterocycles. The van der Waals surface area contributed by atoms with Crippen LogP contribution in [-0.2, 0) is 35.3 Å². The number of carbonyl (C=O) groups is 6. The minimum atomic E-state index is -1.26. The molecule has 2 heterocycles. The number of likely N-dealkylation sites (tertiary alicyclic amines) is 1. The Balaban J connectivity index is 1.55. The molecule has 272 valence electrons. The number of furan rings is 1. The number of hydrogen-bond acceptors (Lipinski definition) is 8. The van der Waals surface area contributed by atoms with Crippen molar-refractivity contribution in [3.63, 3.8) is 0 Å². The highest BCUT2D eigenvalue weighted by molar-refractivity contribution is 6.37. The number of carbonyl (C=O) groups excluding carboxylic acids is 6. The molecular weight excluding hydrogens is 630 g/mol. The maximum atomic E-state index is 14.5. The van der Waals surface area contributed by atoms with Gasteiger partial charge in [-0.15, -0.1) is 0 Å². The number of esters is 1. The zero-order valence-corrected chi connectivity index (χ0v) is 29.8. The number of Topliss-reactive ketones (excluding diaryl/α,β-unsaturated/α-hetero) is 1. The fraction of sp³-hybridized carbons (Fsp3) is 0.722. The molecule has 0 aromatic carbocycles. The third kappa shape index (κ3) is 9.63. The van der Waals surface area contributed by atoms with E-state index in [2.05, 4.69) is 29.8 Å². The second-order valence-electron chi connectivity index (χ2n) is 15.9. The van der Waals surface area contributed by atoms with Gasteiger partial charge in [0, 0.05) is 12.1 Å². The highest BCUT2D eigenvalue weighted by Gasteiger charge is 2.50. The van der Waals surface area contributed by atoms with Crippen molar-refractivity contribution in [3.8, 4) is 0 Å². The van der Waals surface area contributed by atoms with Gasteiger partial charge in [-0.25, -0.2) is 9.59 Å². The van der Waals surface area contributed by atoms with Crippen LogP contribution in [0, 0.1) is 29.1 Å². The fourth-order valence-corrected chi connectivity index (χ4v) is 7.32. The van der Waals surface area contributed by atoms with Crippen LogP contribution in [0.15, 0.2) is 23.0 Å². The van der Waals surface area contributed by atoms with Crippen molar-refractivity contribution in [1.29, 1.82) is 0 Å². The van der Waals surface area contributed by atoms with Gasteiger partial charge in [-0.2, -0.15) is 0 Å². The van der Waals surface area contributed by atoms with E-state index in [9.17, 15) is 28.8 Å². The van der Waals surface area contributed by atoms with Gasteiger partial charge in [0.15, 0.2) is 0 Å². The molecule has 2 unspecified atom stereocenters. The van der Waals surface area contributed by atoms with Gasteiger partial charge < -0.3 is 35.7 Å². The standard InChI is InChI=1S/C36H55N5O8/c1-21(2)16-25-18-41(27(22(25)3)31(44)38-26(17-23-10-11-23)28(42)30(37)43)32(45)29(35(4,5)6)39-34(47)40-36(13-8-7-9-14-36)33(46)49-20-24-12-15-48-19-24/h12,15,19,21-23,25-27,29H,7-11,13-14,16-18,20H2,1-6H3,(H2,37,43)(H,38,44)(H2,39,40,47)/t22?,25-,26?,27-,29+/m0/s1. The monoisotopic (exact) mass is 685 g/mol. The van der Waals surface area contributed by atoms with E-state index in [4.69, 9.17) is 14.9 Å². The number of ether oxygens (including phenoxy) is 1. The summed E-state index contributed by atoms with van der Waals surface area (Å²) in [6.07, 6.45) is 9.03. The molecule has 0 radical (unpaired) electrons. The quantitative estimate of drug-likeness (QED) is 0.169. The molecule has 2 aliphatic carbocycles. The predicted octanol–water partition coefficient (Wildman–Crippen LogP) is 3.59. The van der Waals surface area contributed by atoms with Crippen LogP contribution in [0.25, 0.3) is 0 Å². The van der Waals surface area contributed by atoms with Crippen molar-refractivity contribution in [3.05, 3.63) is 24.2 Å². The van der Waals surface area contributed by atoms with Gasteiger partial charge in [0.25, 0.3) is 5.91 Å². The third-order valence-electron chi connectivity index (χ3n) is 10.3. The molecule has 0 spiro atoms. The molecule has 3 aliphatic rings. The van der Waals surface area contributed by atoms with Crippen LogP contribution in [0.2, 0.25) is 0 Å². The number of ketones is 1. The number of amides is 5. The molecule has 4 rings (SSSR count). The van der Waals surface area contributed by atoms with Gasteiger partial charge in [0.1, 0.15) is 24.2 Å². The lowest BCUT2D eigenvalue weighted by molar-refractivity contribution is -0.154. The van der Waals surface area contributed by atoms with E-state index >= 15 is 0 Å². The topological polar surface area (TPSA) is 190 Å². The van der Waals surface area contributed by atoms with Crippen molar-refractivity contribution in [2.45, 2.75) is 130 Å². The Hall–Kier alpha value is -3.90. The van der Waals surface area contributed by atoms with Crippen LogP contribution in [0.3, 0.4) is 0 Å². The van der Waals surface area contributed by atoms with Crippen molar-refractivity contribution in [2.24, 2.45) is 34.8 Å². The van der Waals surface area contributed by atoms with E-state index in [1.807, 2.05) is 27.7 Å². The summed E-state index contributed by atoms with van der Waals surface area (Å²) in [4.78, 5) is 81.8. The van der Waals surface area contributed by atoms with Crippen LogP contribution >= 0.6 is 0 Å². The normalized spacial score (nSPS) is 23.3. The van der Waals surface area contributed by atoms with E-state index in [1.165, 1.54) is 17.4 Å². The Morgan fingerprint density at radius 3 is 2.27 bits per heavy atom. The number of rotatable bonds is 14. The Bertz CT molecular complexity index is 1360. The van der Waals surface area contributed by atoms with Gasteiger partial charge in [-0.1, -0.05) is 73.6 Å². The lowest BCUT2D eigenvalue weighted by Gasteiger charge is -2.39. The summed E-state index contributed by atoms with van der Waals surface area (Å²) >= 11 is 0. The molecule has 5 atom stereocenters. The zero-order valence-electron chi connectivity index (χ0n) is 29.8. The van der Waals surface area contributed by atoms with Gasteiger partial charge >= 0.3 is 12.0 Å². The first kappa shape index (κ1) is 37.9. The van der Waals surface area contributed by atoms with Crippen LogP contribution in [0.5, 0.6) is 0 Å². The van der Waals surface area contributed by atoms with Gasteiger partial charge in [-0.3, -0.25) is 19.2 Å². The molecule has 3 fully saturated rings. The third-order valence-corrected chi connectivity index (χ3v) is 10.3. The summed E-state index contributed by atoms with van der Waals surface area (Å²) in [5.41, 5.74) is 3.97. The van der Waals surface area contributed by atoms with Gasteiger partial charge in [0.2, 0.25) is 17.6 Å². The summed E-state index contributed by atoms with van der Waals surface area (Å²) in [6.45, 7) is 11.8. The second-order valence-corrected chi connectivity index (χ2v) is 15.9. The predicted molar refractivity (Wildman–Crippen MR) is 180 cm³/mol. The number of primary amides is 1.